The molecule has 0 fully saturated rings. The molecule has 0 aliphatic rings. The standard InChI is InChI=1S/C17H12N4O6S/c1-26-15-4-2-3-10(7-11(9-18)17(19)28)16(15)27-14-6-5-12(20(22)23)8-13(14)21(24)25/h2-8H,1H3,(H2,19,28)/b11-7+. The summed E-state index contributed by atoms with van der Waals surface area (Å²) in [6.45, 7) is 0. The number of hydrogen-bond acceptors (Lipinski definition) is 8. The van der Waals surface area contributed by atoms with Crippen LogP contribution in [0.4, 0.5) is 11.4 Å². The van der Waals surface area contributed by atoms with Gasteiger partial charge in [-0.25, -0.2) is 0 Å². The summed E-state index contributed by atoms with van der Waals surface area (Å²) in [5.74, 6) is 0.0103. The molecule has 28 heavy (non-hydrogen) atoms. The maximum atomic E-state index is 11.3. The number of nitrogens with two attached hydrogens (primary N) is 1. The molecule has 0 bridgehead atoms. The van der Waals surface area contributed by atoms with Gasteiger partial charge in [-0.3, -0.25) is 20.2 Å². The Morgan fingerprint density at radius 3 is 2.46 bits per heavy atom. The van der Waals surface area contributed by atoms with Gasteiger partial charge in [0.05, 0.1) is 28.6 Å². The summed E-state index contributed by atoms with van der Waals surface area (Å²) in [5, 5.41) is 31.4. The zero-order chi connectivity index (χ0) is 20.8. The Morgan fingerprint density at radius 2 is 1.93 bits per heavy atom. The molecule has 2 aromatic carbocycles. The monoisotopic (exact) mass is 400 g/mol. The molecule has 10 nitrogen and oxygen atoms in total. The fourth-order valence-corrected chi connectivity index (χ4v) is 2.29. The number of methoxy groups -OCH3 is 1. The van der Waals surface area contributed by atoms with E-state index in [-0.39, 0.29) is 27.8 Å². The molecule has 2 N–H and O–H groups in total. The largest absolute Gasteiger partial charge is 0.493 e. The average molecular weight is 400 g/mol. The lowest BCUT2D eigenvalue weighted by molar-refractivity contribution is -0.394. The lowest BCUT2D eigenvalue weighted by atomic mass is 10.1. The van der Waals surface area contributed by atoms with Crippen molar-refractivity contribution in [2.75, 3.05) is 7.11 Å². The highest BCUT2D eigenvalue weighted by atomic mass is 32.1. The van der Waals surface area contributed by atoms with E-state index in [1.807, 2.05) is 6.07 Å². The first-order chi connectivity index (χ1) is 13.3. The topological polar surface area (TPSA) is 155 Å². The van der Waals surface area contributed by atoms with Crippen LogP contribution in [0.1, 0.15) is 5.56 Å². The summed E-state index contributed by atoms with van der Waals surface area (Å²) in [4.78, 5) is 20.5. The molecule has 0 amide bonds. The molecule has 0 radical (unpaired) electrons. The van der Waals surface area contributed by atoms with Crippen molar-refractivity contribution in [3.05, 3.63) is 67.8 Å². The van der Waals surface area contributed by atoms with Gasteiger partial charge in [0.15, 0.2) is 11.5 Å². The molecule has 0 aromatic heterocycles. The van der Waals surface area contributed by atoms with Crippen LogP contribution in [-0.4, -0.2) is 21.9 Å². The predicted octanol–water partition coefficient (Wildman–Crippen LogP) is 3.50. The zero-order valence-electron chi connectivity index (χ0n) is 14.3. The maximum Gasteiger partial charge on any atom is 0.318 e. The number of non-ortho nitro benzene ring substituents is 1. The van der Waals surface area contributed by atoms with Crippen molar-refractivity contribution in [2.24, 2.45) is 5.73 Å². The molecular weight excluding hydrogens is 388 g/mol. The van der Waals surface area contributed by atoms with Crippen LogP contribution in [0.2, 0.25) is 0 Å². The van der Waals surface area contributed by atoms with Crippen LogP contribution in [0.5, 0.6) is 17.2 Å². The molecule has 0 spiro atoms. The van der Waals surface area contributed by atoms with Crippen LogP contribution in [-0.2, 0) is 0 Å². The SMILES string of the molecule is COc1cccc(/C=C(\C#N)C(N)=S)c1Oc1ccc([N+](=O)[O-])cc1[N+](=O)[O-]. The van der Waals surface area contributed by atoms with Gasteiger partial charge in [0.25, 0.3) is 5.69 Å². The van der Waals surface area contributed by atoms with Gasteiger partial charge in [0, 0.05) is 11.6 Å². The molecule has 0 heterocycles. The number of hydrogen-bond donors (Lipinski definition) is 1. The van der Waals surface area contributed by atoms with Crippen LogP contribution in [0, 0.1) is 31.6 Å². The maximum absolute atomic E-state index is 11.3. The lowest BCUT2D eigenvalue weighted by Gasteiger charge is -2.13. The second-order valence-electron chi connectivity index (χ2n) is 5.18. The summed E-state index contributed by atoms with van der Waals surface area (Å²) in [5.41, 5.74) is 4.74. The van der Waals surface area contributed by atoms with Crippen LogP contribution in [0.3, 0.4) is 0 Å². The van der Waals surface area contributed by atoms with Crippen molar-refractivity contribution in [3.63, 3.8) is 0 Å². The van der Waals surface area contributed by atoms with E-state index in [0.29, 0.717) is 5.56 Å². The Balaban J connectivity index is 2.64. The van der Waals surface area contributed by atoms with Crippen LogP contribution in [0.25, 0.3) is 6.08 Å². The lowest BCUT2D eigenvalue weighted by Crippen LogP contribution is -2.09. The number of nitriles is 1. The van der Waals surface area contributed by atoms with Gasteiger partial charge >= 0.3 is 5.69 Å². The molecule has 0 atom stereocenters. The van der Waals surface area contributed by atoms with E-state index in [1.165, 1.54) is 19.3 Å². The highest BCUT2D eigenvalue weighted by Crippen LogP contribution is 2.40. The second kappa shape index (κ2) is 8.56. The Labute approximate surface area is 163 Å². The van der Waals surface area contributed by atoms with Gasteiger partial charge in [-0.15, -0.1) is 0 Å². The molecule has 0 aliphatic heterocycles. The van der Waals surface area contributed by atoms with E-state index in [4.69, 9.17) is 32.7 Å². The molecule has 2 aromatic rings. The highest BCUT2D eigenvalue weighted by Gasteiger charge is 2.23. The zero-order valence-corrected chi connectivity index (χ0v) is 15.1. The quantitative estimate of drug-likeness (QED) is 0.242. The third-order valence-electron chi connectivity index (χ3n) is 3.48. The van der Waals surface area contributed by atoms with Crippen molar-refractivity contribution in [3.8, 4) is 23.3 Å². The van der Waals surface area contributed by atoms with Crippen LogP contribution >= 0.6 is 12.2 Å². The average Bonchev–Trinajstić information content (AvgIpc) is 2.66. The first kappa shape index (κ1) is 20.3. The fraction of sp³-hybridized carbons (Fsp3) is 0.0588. The summed E-state index contributed by atoms with van der Waals surface area (Å²) in [6.07, 6.45) is 1.34. The van der Waals surface area contributed by atoms with Gasteiger partial charge in [-0.05, 0) is 18.2 Å². The molecule has 142 valence electrons. The van der Waals surface area contributed by atoms with Gasteiger partial charge in [0.2, 0.25) is 5.75 Å². The Kier molecular flexibility index (Phi) is 6.20. The van der Waals surface area contributed by atoms with E-state index in [9.17, 15) is 20.2 Å². The molecule has 0 saturated heterocycles. The Morgan fingerprint density at radius 1 is 1.21 bits per heavy atom. The first-order valence-electron chi connectivity index (χ1n) is 7.47. The predicted molar refractivity (Wildman–Crippen MR) is 103 cm³/mol. The van der Waals surface area contributed by atoms with E-state index >= 15 is 0 Å². The van der Waals surface area contributed by atoms with E-state index in [2.05, 4.69) is 0 Å². The number of nitro groups is 2. The number of para-hydroxylation sites is 1. The Bertz CT molecular complexity index is 1040. The third-order valence-corrected chi connectivity index (χ3v) is 3.70. The minimum atomic E-state index is -0.803. The normalized spacial score (nSPS) is 10.6. The van der Waals surface area contributed by atoms with Gasteiger partial charge in [-0.2, -0.15) is 5.26 Å². The van der Waals surface area contributed by atoms with Crippen molar-refractivity contribution >= 4 is 34.7 Å². The molecule has 0 saturated carbocycles. The Hall–Kier alpha value is -4.04. The fourth-order valence-electron chi connectivity index (χ4n) is 2.19. The minimum Gasteiger partial charge on any atom is -0.493 e. The third kappa shape index (κ3) is 4.37. The van der Waals surface area contributed by atoms with Crippen molar-refractivity contribution in [2.45, 2.75) is 0 Å². The molecule has 0 unspecified atom stereocenters. The smallest absolute Gasteiger partial charge is 0.318 e. The number of benzene rings is 2. The highest BCUT2D eigenvalue weighted by molar-refractivity contribution is 7.80. The summed E-state index contributed by atoms with van der Waals surface area (Å²) < 4.78 is 10.9. The second-order valence-corrected chi connectivity index (χ2v) is 5.62. The van der Waals surface area contributed by atoms with Crippen molar-refractivity contribution in [1.29, 1.82) is 5.26 Å². The van der Waals surface area contributed by atoms with E-state index in [1.54, 1.807) is 12.1 Å². The van der Waals surface area contributed by atoms with Gasteiger partial charge in [0.1, 0.15) is 11.1 Å². The molecule has 0 aliphatic carbocycles. The number of thiocarbonyl (C=S) groups is 1. The molecule has 11 heteroatoms. The van der Waals surface area contributed by atoms with Gasteiger partial charge < -0.3 is 15.2 Å². The molecule has 2 rings (SSSR count). The van der Waals surface area contributed by atoms with Crippen LogP contribution < -0.4 is 15.2 Å². The summed E-state index contributed by atoms with van der Waals surface area (Å²) >= 11 is 4.80. The van der Waals surface area contributed by atoms with E-state index < -0.39 is 21.2 Å². The number of rotatable bonds is 7. The first-order valence-corrected chi connectivity index (χ1v) is 7.88. The van der Waals surface area contributed by atoms with E-state index in [0.717, 1.165) is 18.2 Å². The number of ether oxygens (including phenoxy) is 2. The minimum absolute atomic E-state index is 0.00805. The van der Waals surface area contributed by atoms with Crippen LogP contribution in [0.15, 0.2) is 42.0 Å². The summed E-state index contributed by atoms with van der Waals surface area (Å²) in [6, 6.07) is 9.52. The summed E-state index contributed by atoms with van der Waals surface area (Å²) in [7, 11) is 1.36. The van der Waals surface area contributed by atoms with Crippen molar-refractivity contribution < 1.29 is 19.3 Å². The van der Waals surface area contributed by atoms with Crippen molar-refractivity contribution in [1.82, 2.24) is 0 Å². The van der Waals surface area contributed by atoms with Gasteiger partial charge in [-0.1, -0.05) is 24.4 Å². The number of nitro benzene ring substituents is 2. The number of nitrogens with zero attached hydrogens (tertiary/aromatic N) is 3. The molecular formula is C17H12N4O6S.